The van der Waals surface area contributed by atoms with Crippen molar-refractivity contribution in [3.05, 3.63) is 53.7 Å². The monoisotopic (exact) mass is 403 g/mol. The van der Waals surface area contributed by atoms with Crippen molar-refractivity contribution in [3.8, 4) is 22.7 Å². The lowest BCUT2D eigenvalue weighted by Gasteiger charge is -2.09. The zero-order valence-electron chi connectivity index (χ0n) is 18.4. The maximum absolute atomic E-state index is 5.95. The van der Waals surface area contributed by atoms with Crippen LogP contribution in [-0.2, 0) is 6.42 Å². The van der Waals surface area contributed by atoms with Crippen molar-refractivity contribution in [2.45, 2.75) is 39.5 Å². The Morgan fingerprint density at radius 2 is 1.90 bits per heavy atom. The number of hydrogen-bond acceptors (Lipinski definition) is 5. The SMILES string of the molecule is Cc1cc(-c2[nH]c3ccc(-c4nnc(CCCN(C)C)o4)cc3c2C(C)C)ccn1. The maximum Gasteiger partial charge on any atom is 0.247 e. The molecule has 0 bridgehead atoms. The van der Waals surface area contributed by atoms with Crippen LogP contribution >= 0.6 is 0 Å². The van der Waals surface area contributed by atoms with Crippen LogP contribution in [0, 0.1) is 6.92 Å². The van der Waals surface area contributed by atoms with Crippen molar-refractivity contribution >= 4 is 10.9 Å². The van der Waals surface area contributed by atoms with Crippen molar-refractivity contribution in [1.82, 2.24) is 25.1 Å². The molecular weight excluding hydrogens is 374 g/mol. The van der Waals surface area contributed by atoms with Crippen molar-refractivity contribution in [1.29, 1.82) is 0 Å². The lowest BCUT2D eigenvalue weighted by Crippen LogP contribution is -2.13. The summed E-state index contributed by atoms with van der Waals surface area (Å²) in [5, 5.41) is 9.73. The van der Waals surface area contributed by atoms with Gasteiger partial charge in [-0.05, 0) is 75.8 Å². The van der Waals surface area contributed by atoms with Gasteiger partial charge in [-0.15, -0.1) is 10.2 Å². The van der Waals surface area contributed by atoms with Crippen LogP contribution in [0.3, 0.4) is 0 Å². The van der Waals surface area contributed by atoms with E-state index in [1.807, 2.05) is 19.2 Å². The smallest absolute Gasteiger partial charge is 0.247 e. The number of hydrogen-bond donors (Lipinski definition) is 1. The Balaban J connectivity index is 1.71. The molecule has 0 atom stereocenters. The first kappa shape index (κ1) is 20.3. The molecule has 4 aromatic rings. The third-order valence-corrected chi connectivity index (χ3v) is 5.31. The Bertz CT molecular complexity index is 1160. The summed E-state index contributed by atoms with van der Waals surface area (Å²) in [7, 11) is 4.14. The second kappa shape index (κ2) is 8.40. The summed E-state index contributed by atoms with van der Waals surface area (Å²) in [5.41, 5.74) is 6.67. The standard InChI is InChI=1S/C24H29N5O/c1-15(2)22-19-14-18(24-28-27-21(30-24)7-6-12-29(4)5)8-9-20(19)26-23(22)17-10-11-25-16(3)13-17/h8-11,13-15,26H,6-7,12H2,1-5H3. The van der Waals surface area contributed by atoms with Gasteiger partial charge in [-0.1, -0.05) is 13.8 Å². The fourth-order valence-electron chi connectivity index (χ4n) is 3.89. The highest BCUT2D eigenvalue weighted by Crippen LogP contribution is 2.37. The highest BCUT2D eigenvalue weighted by atomic mass is 16.4. The lowest BCUT2D eigenvalue weighted by molar-refractivity contribution is 0.388. The summed E-state index contributed by atoms with van der Waals surface area (Å²) >= 11 is 0. The number of benzene rings is 1. The second-order valence-corrected chi connectivity index (χ2v) is 8.42. The molecule has 0 aliphatic rings. The predicted molar refractivity (Wildman–Crippen MR) is 121 cm³/mol. The summed E-state index contributed by atoms with van der Waals surface area (Å²) in [6.45, 7) is 7.47. The minimum atomic E-state index is 0.363. The first-order valence-corrected chi connectivity index (χ1v) is 10.5. The fourth-order valence-corrected chi connectivity index (χ4v) is 3.89. The summed E-state index contributed by atoms with van der Waals surface area (Å²) in [6, 6.07) is 10.5. The molecule has 3 aromatic heterocycles. The highest BCUT2D eigenvalue weighted by Gasteiger charge is 2.18. The molecule has 0 radical (unpaired) electrons. The van der Waals surface area contributed by atoms with Gasteiger partial charge >= 0.3 is 0 Å². The minimum Gasteiger partial charge on any atom is -0.421 e. The van der Waals surface area contributed by atoms with Crippen LogP contribution in [0.4, 0.5) is 0 Å². The molecule has 0 aliphatic carbocycles. The number of pyridine rings is 1. The molecule has 1 N–H and O–H groups in total. The third-order valence-electron chi connectivity index (χ3n) is 5.31. The molecule has 6 nitrogen and oxygen atoms in total. The largest absolute Gasteiger partial charge is 0.421 e. The second-order valence-electron chi connectivity index (χ2n) is 8.42. The van der Waals surface area contributed by atoms with Gasteiger partial charge in [0.2, 0.25) is 11.8 Å². The Morgan fingerprint density at radius 3 is 2.63 bits per heavy atom. The fraction of sp³-hybridized carbons (Fsp3) is 0.375. The summed E-state index contributed by atoms with van der Waals surface area (Å²) in [4.78, 5) is 10.1. The predicted octanol–water partition coefficient (Wildman–Crippen LogP) is 5.21. The van der Waals surface area contributed by atoms with Crippen LogP contribution in [0.2, 0.25) is 0 Å². The molecule has 1 aromatic carbocycles. The highest BCUT2D eigenvalue weighted by molar-refractivity contribution is 5.93. The van der Waals surface area contributed by atoms with Gasteiger partial charge < -0.3 is 14.3 Å². The van der Waals surface area contributed by atoms with E-state index in [-0.39, 0.29) is 0 Å². The number of nitrogens with zero attached hydrogens (tertiary/aromatic N) is 4. The number of aromatic amines is 1. The summed E-state index contributed by atoms with van der Waals surface area (Å²) < 4.78 is 5.95. The number of aryl methyl sites for hydroxylation is 2. The average molecular weight is 404 g/mol. The molecule has 0 spiro atoms. The van der Waals surface area contributed by atoms with Gasteiger partial charge in [0.05, 0.1) is 5.69 Å². The van der Waals surface area contributed by atoms with E-state index in [1.54, 1.807) is 0 Å². The minimum absolute atomic E-state index is 0.363. The van der Waals surface area contributed by atoms with Gasteiger partial charge in [0, 0.05) is 40.3 Å². The van der Waals surface area contributed by atoms with Gasteiger partial charge in [-0.3, -0.25) is 4.98 Å². The van der Waals surface area contributed by atoms with E-state index in [9.17, 15) is 0 Å². The molecule has 0 unspecified atom stereocenters. The van der Waals surface area contributed by atoms with E-state index in [0.717, 1.165) is 47.4 Å². The molecule has 0 aliphatic heterocycles. The van der Waals surface area contributed by atoms with E-state index in [4.69, 9.17) is 4.42 Å². The topological polar surface area (TPSA) is 70.8 Å². The molecule has 0 saturated heterocycles. The molecule has 4 rings (SSSR count). The summed E-state index contributed by atoms with van der Waals surface area (Å²) in [5.74, 6) is 1.63. The maximum atomic E-state index is 5.95. The van der Waals surface area contributed by atoms with E-state index in [1.165, 1.54) is 10.9 Å². The van der Waals surface area contributed by atoms with Gasteiger partial charge in [0.15, 0.2) is 0 Å². The number of fused-ring (bicyclic) bond motifs is 1. The van der Waals surface area contributed by atoms with Crippen LogP contribution in [0.1, 0.15) is 43.3 Å². The normalized spacial score (nSPS) is 11.8. The van der Waals surface area contributed by atoms with Crippen LogP contribution in [0.25, 0.3) is 33.6 Å². The van der Waals surface area contributed by atoms with Crippen LogP contribution in [-0.4, -0.2) is 45.7 Å². The van der Waals surface area contributed by atoms with Crippen LogP contribution < -0.4 is 0 Å². The van der Waals surface area contributed by atoms with Crippen molar-refractivity contribution in [3.63, 3.8) is 0 Å². The first-order chi connectivity index (χ1) is 14.4. The van der Waals surface area contributed by atoms with Crippen molar-refractivity contribution < 1.29 is 4.42 Å². The molecule has 30 heavy (non-hydrogen) atoms. The summed E-state index contributed by atoms with van der Waals surface area (Å²) in [6.07, 6.45) is 3.65. The van der Waals surface area contributed by atoms with Crippen molar-refractivity contribution in [2.75, 3.05) is 20.6 Å². The van der Waals surface area contributed by atoms with Gasteiger partial charge in [-0.2, -0.15) is 0 Å². The number of nitrogens with one attached hydrogen (secondary N) is 1. The zero-order valence-corrected chi connectivity index (χ0v) is 18.4. The Labute approximate surface area is 177 Å². The Kier molecular flexibility index (Phi) is 5.68. The molecular formula is C24H29N5O. The number of H-pyrrole nitrogens is 1. The molecule has 6 heteroatoms. The Morgan fingerprint density at radius 1 is 1.07 bits per heavy atom. The molecule has 0 saturated carbocycles. The molecule has 156 valence electrons. The molecule has 3 heterocycles. The van der Waals surface area contributed by atoms with E-state index in [2.05, 4.69) is 77.3 Å². The van der Waals surface area contributed by atoms with Crippen molar-refractivity contribution in [2.24, 2.45) is 0 Å². The quantitative estimate of drug-likeness (QED) is 0.459. The number of aromatic nitrogens is 4. The third kappa shape index (κ3) is 4.14. The van der Waals surface area contributed by atoms with E-state index in [0.29, 0.717) is 17.7 Å². The average Bonchev–Trinajstić information content (AvgIpc) is 3.31. The van der Waals surface area contributed by atoms with Crippen LogP contribution in [0.5, 0.6) is 0 Å². The molecule has 0 fully saturated rings. The lowest BCUT2D eigenvalue weighted by atomic mass is 9.95. The number of rotatable bonds is 7. The van der Waals surface area contributed by atoms with Gasteiger partial charge in [0.1, 0.15) is 0 Å². The first-order valence-electron chi connectivity index (χ1n) is 10.5. The van der Waals surface area contributed by atoms with Gasteiger partial charge in [0.25, 0.3) is 0 Å². The van der Waals surface area contributed by atoms with E-state index >= 15 is 0 Å². The zero-order chi connectivity index (χ0) is 21.3. The Hall–Kier alpha value is -2.99. The van der Waals surface area contributed by atoms with E-state index < -0.39 is 0 Å². The van der Waals surface area contributed by atoms with Gasteiger partial charge in [-0.25, -0.2) is 0 Å². The molecule has 0 amide bonds. The van der Waals surface area contributed by atoms with Crippen LogP contribution in [0.15, 0.2) is 40.9 Å².